The van der Waals surface area contributed by atoms with Gasteiger partial charge in [0.25, 0.3) is 0 Å². The fourth-order valence-electron chi connectivity index (χ4n) is 2.86. The molecule has 0 fully saturated rings. The molecule has 0 saturated carbocycles. The molecule has 1 N–H and O–H groups in total. The first kappa shape index (κ1) is 20.8. The van der Waals surface area contributed by atoms with Crippen LogP contribution in [0.15, 0.2) is 30.3 Å². The Morgan fingerprint density at radius 1 is 1.16 bits per heavy atom. The Hall–Kier alpha value is -2.21. The van der Waals surface area contributed by atoms with Gasteiger partial charge in [0.2, 0.25) is 0 Å². The summed E-state index contributed by atoms with van der Waals surface area (Å²) >= 11 is 0. The van der Waals surface area contributed by atoms with Gasteiger partial charge >= 0.3 is 11.9 Å². The van der Waals surface area contributed by atoms with Crippen molar-refractivity contribution in [3.05, 3.63) is 35.9 Å². The van der Waals surface area contributed by atoms with E-state index in [2.05, 4.69) is 5.32 Å². The summed E-state index contributed by atoms with van der Waals surface area (Å²) in [6, 6.07) is 9.98. The molecule has 0 aliphatic carbocycles. The number of rotatable bonds is 10. The van der Waals surface area contributed by atoms with Crippen LogP contribution >= 0.6 is 0 Å². The molecule has 0 amide bonds. The van der Waals surface area contributed by atoms with Crippen molar-refractivity contribution in [2.45, 2.75) is 32.7 Å². The highest BCUT2D eigenvalue weighted by Gasteiger charge is 2.45. The minimum atomic E-state index is -1.44. The molecular formula is C19H27NO5. The number of carbonyl (C=O) groups excluding carboxylic acids is 3. The summed E-state index contributed by atoms with van der Waals surface area (Å²) < 4.78 is 9.53. The predicted molar refractivity (Wildman–Crippen MR) is 93.8 cm³/mol. The zero-order chi connectivity index (χ0) is 18.9. The number of ether oxygens (including phenoxy) is 2. The molecule has 25 heavy (non-hydrogen) atoms. The zero-order valence-electron chi connectivity index (χ0n) is 15.3. The highest BCUT2D eigenvalue weighted by atomic mass is 16.5. The van der Waals surface area contributed by atoms with Crippen molar-refractivity contribution in [1.29, 1.82) is 0 Å². The number of hydrogen-bond acceptors (Lipinski definition) is 6. The van der Waals surface area contributed by atoms with Crippen molar-refractivity contribution in [2.24, 2.45) is 11.3 Å². The van der Waals surface area contributed by atoms with Gasteiger partial charge in [-0.3, -0.25) is 9.59 Å². The summed E-state index contributed by atoms with van der Waals surface area (Å²) in [5.41, 5.74) is -0.314. The molecule has 6 nitrogen and oxygen atoms in total. The van der Waals surface area contributed by atoms with Gasteiger partial charge in [-0.25, -0.2) is 0 Å². The van der Waals surface area contributed by atoms with E-state index in [4.69, 9.17) is 9.47 Å². The summed E-state index contributed by atoms with van der Waals surface area (Å²) in [5, 5.41) is 3.36. The van der Waals surface area contributed by atoms with E-state index in [0.29, 0.717) is 6.54 Å². The largest absolute Gasteiger partial charge is 0.468 e. The molecule has 0 unspecified atom stereocenters. The lowest BCUT2D eigenvalue weighted by Crippen LogP contribution is -2.42. The van der Waals surface area contributed by atoms with E-state index in [9.17, 15) is 14.4 Å². The van der Waals surface area contributed by atoms with Gasteiger partial charge in [0, 0.05) is 12.5 Å². The maximum Gasteiger partial charge on any atom is 0.322 e. The number of esters is 2. The molecule has 2 atom stereocenters. The Labute approximate surface area is 148 Å². The van der Waals surface area contributed by atoms with Gasteiger partial charge in [0.05, 0.1) is 14.2 Å². The highest BCUT2D eigenvalue weighted by molar-refractivity contribution is 5.99. The smallest absolute Gasteiger partial charge is 0.322 e. The highest BCUT2D eigenvalue weighted by Crippen LogP contribution is 2.30. The first-order chi connectivity index (χ1) is 11.9. The average molecular weight is 349 g/mol. The van der Waals surface area contributed by atoms with Crippen LogP contribution in [0.4, 0.5) is 0 Å². The van der Waals surface area contributed by atoms with Crippen LogP contribution in [0.5, 0.6) is 0 Å². The second-order valence-electron chi connectivity index (χ2n) is 6.33. The molecule has 6 heteroatoms. The van der Waals surface area contributed by atoms with Gasteiger partial charge in [-0.15, -0.1) is 0 Å². The fraction of sp³-hybridized carbons (Fsp3) is 0.526. The van der Waals surface area contributed by atoms with Crippen molar-refractivity contribution < 1.29 is 23.9 Å². The number of aldehydes is 1. The number of carbonyl (C=O) groups is 3. The molecule has 0 saturated heterocycles. The van der Waals surface area contributed by atoms with Gasteiger partial charge in [-0.05, 0) is 38.3 Å². The third-order valence-electron chi connectivity index (χ3n) is 4.41. The lowest BCUT2D eigenvalue weighted by molar-refractivity contribution is -0.169. The summed E-state index contributed by atoms with van der Waals surface area (Å²) in [7, 11) is 2.46. The van der Waals surface area contributed by atoms with E-state index in [-0.39, 0.29) is 24.8 Å². The molecular weight excluding hydrogens is 322 g/mol. The lowest BCUT2D eigenvalue weighted by atomic mass is 9.79. The van der Waals surface area contributed by atoms with E-state index in [0.717, 1.165) is 11.8 Å². The lowest BCUT2D eigenvalue weighted by Gasteiger charge is -2.28. The first-order valence-electron chi connectivity index (χ1n) is 8.27. The van der Waals surface area contributed by atoms with Crippen LogP contribution in [0.25, 0.3) is 0 Å². The Balaban J connectivity index is 2.82. The van der Waals surface area contributed by atoms with Crippen LogP contribution in [0.2, 0.25) is 0 Å². The molecule has 0 aromatic heterocycles. The summed E-state index contributed by atoms with van der Waals surface area (Å²) in [6.07, 6.45) is 1.20. The van der Waals surface area contributed by atoms with Crippen molar-refractivity contribution in [3.63, 3.8) is 0 Å². The Morgan fingerprint density at radius 3 is 2.20 bits per heavy atom. The van der Waals surface area contributed by atoms with Crippen LogP contribution < -0.4 is 5.32 Å². The van der Waals surface area contributed by atoms with Crippen molar-refractivity contribution >= 4 is 18.2 Å². The topological polar surface area (TPSA) is 81.7 Å². The first-order valence-corrected chi connectivity index (χ1v) is 8.27. The molecule has 0 aliphatic rings. The monoisotopic (exact) mass is 349 g/mol. The third-order valence-corrected chi connectivity index (χ3v) is 4.41. The van der Waals surface area contributed by atoms with E-state index in [1.54, 1.807) is 0 Å². The molecule has 138 valence electrons. The molecule has 0 spiro atoms. The second-order valence-corrected chi connectivity index (χ2v) is 6.33. The van der Waals surface area contributed by atoms with E-state index in [1.165, 1.54) is 21.1 Å². The van der Waals surface area contributed by atoms with Crippen LogP contribution in [0, 0.1) is 11.3 Å². The number of methoxy groups -OCH3 is 2. The average Bonchev–Trinajstić information content (AvgIpc) is 2.65. The number of hydrogen-bond donors (Lipinski definition) is 1. The summed E-state index contributed by atoms with van der Waals surface area (Å²) in [6.45, 7) is 3.99. The fourth-order valence-corrected chi connectivity index (χ4v) is 2.86. The maximum absolute atomic E-state index is 12.1. The number of nitrogens with one attached hydrogen (secondary N) is 1. The maximum atomic E-state index is 12.1. The number of benzene rings is 1. The van der Waals surface area contributed by atoms with Gasteiger partial charge in [-0.2, -0.15) is 0 Å². The molecule has 0 aliphatic heterocycles. The minimum absolute atomic E-state index is 0.0814. The summed E-state index contributed by atoms with van der Waals surface area (Å²) in [4.78, 5) is 35.2. The minimum Gasteiger partial charge on any atom is -0.468 e. The summed E-state index contributed by atoms with van der Waals surface area (Å²) in [5.74, 6) is -1.52. The van der Waals surface area contributed by atoms with Crippen LogP contribution in [0.3, 0.4) is 0 Å². The zero-order valence-corrected chi connectivity index (χ0v) is 15.3. The van der Waals surface area contributed by atoms with Crippen LogP contribution in [0.1, 0.15) is 38.3 Å². The van der Waals surface area contributed by atoms with Gasteiger partial charge in [0.1, 0.15) is 6.29 Å². The van der Waals surface area contributed by atoms with Crippen molar-refractivity contribution in [2.75, 3.05) is 20.8 Å². The molecule has 0 heterocycles. The van der Waals surface area contributed by atoms with E-state index < -0.39 is 17.4 Å². The van der Waals surface area contributed by atoms with Gasteiger partial charge in [-0.1, -0.05) is 30.3 Å². The molecule has 1 rings (SSSR count). The van der Waals surface area contributed by atoms with Gasteiger partial charge in [0.15, 0.2) is 5.41 Å². The standard InChI is InChI=1S/C19H27NO5/c1-14(16-8-6-5-7-9-16)20-13-15(10-11-21)12-19(2,17(22)24-3)18(23)25-4/h5-9,11,14-15,20H,10,12-13H2,1-4H3/t14-,15+/m0/s1. The van der Waals surface area contributed by atoms with Crippen molar-refractivity contribution in [3.8, 4) is 0 Å². The van der Waals surface area contributed by atoms with Crippen molar-refractivity contribution in [1.82, 2.24) is 5.32 Å². The second kappa shape index (κ2) is 9.93. The Kier molecular flexibility index (Phi) is 8.28. The molecule has 1 aromatic rings. The quantitative estimate of drug-likeness (QED) is 0.396. The van der Waals surface area contributed by atoms with E-state index >= 15 is 0 Å². The van der Waals surface area contributed by atoms with Crippen LogP contribution in [-0.2, 0) is 23.9 Å². The van der Waals surface area contributed by atoms with Gasteiger partial charge < -0.3 is 19.6 Å². The molecule has 1 aromatic carbocycles. The SMILES string of the molecule is COC(=O)C(C)(C[C@@H](CC=O)CN[C@@H](C)c1ccccc1)C(=O)OC. The normalized spacial score (nSPS) is 13.6. The molecule has 0 radical (unpaired) electrons. The van der Waals surface area contributed by atoms with E-state index in [1.807, 2.05) is 37.3 Å². The van der Waals surface area contributed by atoms with Crippen LogP contribution in [-0.4, -0.2) is 39.0 Å². The molecule has 0 bridgehead atoms. The third kappa shape index (κ3) is 5.67. The Morgan fingerprint density at radius 2 is 1.72 bits per heavy atom. The predicted octanol–water partition coefficient (Wildman–Crippen LogP) is 2.28. The Bertz CT molecular complexity index is 556.